The fourth-order valence-corrected chi connectivity index (χ4v) is 4.09. The van der Waals surface area contributed by atoms with Crippen molar-refractivity contribution in [3.05, 3.63) is 23.8 Å². The van der Waals surface area contributed by atoms with Gasteiger partial charge in [-0.15, -0.1) is 0 Å². The SMILES string of the molecule is COc1cccc([C@@H]2N[C@](C)(C(=O)O)[C@@H]3C(=O)N(C(C)C)C(=O)[C@@H]32)c1O. The molecule has 0 unspecified atom stereocenters. The number of carbonyl (C=O) groups is 3. The number of benzene rings is 1. The number of rotatable bonds is 4. The van der Waals surface area contributed by atoms with E-state index in [4.69, 9.17) is 4.74 Å². The predicted molar refractivity (Wildman–Crippen MR) is 90.5 cm³/mol. The molecule has 4 atom stereocenters. The fraction of sp³-hybridized carbons (Fsp3) is 0.500. The molecule has 140 valence electrons. The van der Waals surface area contributed by atoms with Crippen LogP contribution in [0.15, 0.2) is 18.2 Å². The first-order chi connectivity index (χ1) is 12.1. The summed E-state index contributed by atoms with van der Waals surface area (Å²) < 4.78 is 5.11. The van der Waals surface area contributed by atoms with Crippen molar-refractivity contribution in [2.45, 2.75) is 38.4 Å². The highest BCUT2D eigenvalue weighted by Gasteiger charge is 2.67. The Hall–Kier alpha value is -2.61. The first-order valence-electron chi connectivity index (χ1n) is 8.39. The zero-order valence-corrected chi connectivity index (χ0v) is 15.0. The lowest BCUT2D eigenvalue weighted by atomic mass is 9.80. The Labute approximate surface area is 150 Å². The zero-order chi connectivity index (χ0) is 19.4. The van der Waals surface area contributed by atoms with E-state index < -0.39 is 41.2 Å². The number of hydrogen-bond acceptors (Lipinski definition) is 6. The minimum atomic E-state index is -1.62. The number of nitrogens with zero attached hydrogens (tertiary/aromatic N) is 1. The molecular formula is C18H22N2O6. The molecule has 26 heavy (non-hydrogen) atoms. The number of aromatic hydroxyl groups is 1. The number of carbonyl (C=O) groups excluding carboxylic acids is 2. The van der Waals surface area contributed by atoms with Gasteiger partial charge in [-0.3, -0.25) is 24.6 Å². The van der Waals surface area contributed by atoms with Crippen LogP contribution in [0, 0.1) is 11.8 Å². The smallest absolute Gasteiger partial charge is 0.324 e. The number of aliphatic carboxylic acids is 1. The highest BCUT2D eigenvalue weighted by Crippen LogP contribution is 2.51. The number of phenols is 1. The Morgan fingerprint density at radius 2 is 1.96 bits per heavy atom. The van der Waals surface area contributed by atoms with E-state index >= 15 is 0 Å². The molecule has 3 rings (SSSR count). The Balaban J connectivity index is 2.16. The van der Waals surface area contributed by atoms with E-state index in [9.17, 15) is 24.6 Å². The summed E-state index contributed by atoms with van der Waals surface area (Å²) in [6.07, 6.45) is 0. The average molecular weight is 362 g/mol. The number of ether oxygens (including phenoxy) is 1. The summed E-state index contributed by atoms with van der Waals surface area (Å²) in [5.74, 6) is -4.08. The molecule has 0 bridgehead atoms. The molecule has 2 amide bonds. The van der Waals surface area contributed by atoms with Crippen molar-refractivity contribution in [2.75, 3.05) is 7.11 Å². The zero-order valence-electron chi connectivity index (χ0n) is 15.0. The Morgan fingerprint density at radius 1 is 1.31 bits per heavy atom. The molecule has 1 aromatic carbocycles. The second-order valence-corrected chi connectivity index (χ2v) is 7.17. The molecule has 2 heterocycles. The van der Waals surface area contributed by atoms with Gasteiger partial charge in [-0.05, 0) is 26.8 Å². The van der Waals surface area contributed by atoms with Crippen molar-refractivity contribution < 1.29 is 29.3 Å². The number of hydrogen-bond donors (Lipinski definition) is 3. The van der Waals surface area contributed by atoms with Crippen LogP contribution in [0.3, 0.4) is 0 Å². The molecule has 8 nitrogen and oxygen atoms in total. The molecule has 2 aliphatic heterocycles. The third-order valence-electron chi connectivity index (χ3n) is 5.37. The van der Waals surface area contributed by atoms with Crippen molar-refractivity contribution >= 4 is 17.8 Å². The van der Waals surface area contributed by atoms with Crippen LogP contribution in [0.5, 0.6) is 11.5 Å². The van der Waals surface area contributed by atoms with Gasteiger partial charge in [0.25, 0.3) is 0 Å². The van der Waals surface area contributed by atoms with E-state index in [0.717, 1.165) is 4.90 Å². The van der Waals surface area contributed by atoms with Crippen LogP contribution >= 0.6 is 0 Å². The van der Waals surface area contributed by atoms with Crippen LogP contribution in [-0.4, -0.2) is 51.6 Å². The molecule has 0 aromatic heterocycles. The lowest BCUT2D eigenvalue weighted by molar-refractivity contribution is -0.151. The van der Waals surface area contributed by atoms with Gasteiger partial charge in [0.15, 0.2) is 11.5 Å². The quantitative estimate of drug-likeness (QED) is 0.681. The molecule has 3 N–H and O–H groups in total. The number of likely N-dealkylation sites (tertiary alicyclic amines) is 1. The van der Waals surface area contributed by atoms with Crippen LogP contribution in [0.25, 0.3) is 0 Å². The van der Waals surface area contributed by atoms with Gasteiger partial charge in [0.05, 0.1) is 18.9 Å². The van der Waals surface area contributed by atoms with Gasteiger partial charge in [0, 0.05) is 17.6 Å². The summed E-state index contributed by atoms with van der Waals surface area (Å²) >= 11 is 0. The average Bonchev–Trinajstić information content (AvgIpc) is 3.02. The molecule has 1 aromatic rings. The van der Waals surface area contributed by atoms with Gasteiger partial charge in [-0.2, -0.15) is 0 Å². The molecule has 8 heteroatoms. The number of nitrogens with one attached hydrogen (secondary N) is 1. The van der Waals surface area contributed by atoms with E-state index in [1.165, 1.54) is 14.0 Å². The van der Waals surface area contributed by atoms with Gasteiger partial charge in [-0.1, -0.05) is 12.1 Å². The summed E-state index contributed by atoms with van der Waals surface area (Å²) in [5.41, 5.74) is -1.29. The third-order valence-corrected chi connectivity index (χ3v) is 5.37. The lowest BCUT2D eigenvalue weighted by Crippen LogP contribution is -2.54. The van der Waals surface area contributed by atoms with E-state index in [0.29, 0.717) is 5.56 Å². The largest absolute Gasteiger partial charge is 0.504 e. The van der Waals surface area contributed by atoms with Crippen molar-refractivity contribution in [1.29, 1.82) is 0 Å². The molecule has 2 fully saturated rings. The number of carboxylic acid groups (broad SMARTS) is 1. The molecule has 0 radical (unpaired) electrons. The Morgan fingerprint density at radius 3 is 2.50 bits per heavy atom. The van der Waals surface area contributed by atoms with Crippen molar-refractivity contribution in [3.8, 4) is 11.5 Å². The molecular weight excluding hydrogens is 340 g/mol. The van der Waals surface area contributed by atoms with Crippen molar-refractivity contribution in [2.24, 2.45) is 11.8 Å². The first-order valence-corrected chi connectivity index (χ1v) is 8.39. The minimum Gasteiger partial charge on any atom is -0.504 e. The van der Waals surface area contributed by atoms with Crippen LogP contribution in [0.1, 0.15) is 32.4 Å². The van der Waals surface area contributed by atoms with E-state index in [1.54, 1.807) is 32.0 Å². The maximum absolute atomic E-state index is 13.0. The summed E-state index contributed by atoms with van der Waals surface area (Å²) in [5, 5.41) is 23.1. The maximum atomic E-state index is 13.0. The van der Waals surface area contributed by atoms with E-state index in [2.05, 4.69) is 5.32 Å². The Bertz CT molecular complexity index is 792. The van der Waals surface area contributed by atoms with E-state index in [-0.39, 0.29) is 17.5 Å². The molecule has 2 aliphatic rings. The second kappa shape index (κ2) is 5.98. The topological polar surface area (TPSA) is 116 Å². The van der Waals surface area contributed by atoms with Crippen molar-refractivity contribution in [3.63, 3.8) is 0 Å². The minimum absolute atomic E-state index is 0.177. The monoisotopic (exact) mass is 362 g/mol. The van der Waals surface area contributed by atoms with E-state index in [1.807, 2.05) is 0 Å². The number of imide groups is 1. The summed E-state index contributed by atoms with van der Waals surface area (Å²) in [4.78, 5) is 38.9. The van der Waals surface area contributed by atoms with Gasteiger partial charge in [0.1, 0.15) is 5.54 Å². The van der Waals surface area contributed by atoms with Gasteiger partial charge in [0.2, 0.25) is 11.8 Å². The van der Waals surface area contributed by atoms with Crippen molar-refractivity contribution in [1.82, 2.24) is 10.2 Å². The van der Waals surface area contributed by atoms with Crippen LogP contribution in [-0.2, 0) is 14.4 Å². The van der Waals surface area contributed by atoms with Gasteiger partial charge < -0.3 is 14.9 Å². The fourth-order valence-electron chi connectivity index (χ4n) is 4.09. The standard InChI is InChI=1S/C18H22N2O6/c1-8(2)20-15(22)11-12(16(20)23)18(3,17(24)25)19-13(11)9-6-5-7-10(26-4)14(9)21/h5-8,11-13,19,21H,1-4H3,(H,24,25)/t11-,12-,13-,18-/m0/s1. The second-order valence-electron chi connectivity index (χ2n) is 7.17. The molecule has 2 saturated heterocycles. The number of fused-ring (bicyclic) bond motifs is 1. The van der Waals surface area contributed by atoms with Gasteiger partial charge in [-0.25, -0.2) is 0 Å². The number of amides is 2. The van der Waals surface area contributed by atoms with Crippen LogP contribution < -0.4 is 10.1 Å². The van der Waals surface area contributed by atoms with Gasteiger partial charge >= 0.3 is 5.97 Å². The lowest BCUT2D eigenvalue weighted by Gasteiger charge is -2.28. The number of para-hydroxylation sites is 1. The highest BCUT2D eigenvalue weighted by molar-refractivity contribution is 6.09. The molecule has 0 saturated carbocycles. The highest BCUT2D eigenvalue weighted by atomic mass is 16.5. The van der Waals surface area contributed by atoms with Crippen LogP contribution in [0.4, 0.5) is 0 Å². The summed E-state index contributed by atoms with van der Waals surface area (Å²) in [6, 6.07) is 3.59. The number of carboxylic acids is 1. The predicted octanol–water partition coefficient (Wildman–Crippen LogP) is 0.898. The first kappa shape index (κ1) is 18.2. The number of phenolic OH excluding ortho intramolecular Hbond substituents is 1. The molecule has 0 aliphatic carbocycles. The Kier molecular flexibility index (Phi) is 4.18. The maximum Gasteiger partial charge on any atom is 0.324 e. The third kappa shape index (κ3) is 2.28. The normalized spacial score (nSPS) is 30.8. The van der Waals surface area contributed by atoms with Crippen LogP contribution in [0.2, 0.25) is 0 Å². The number of methoxy groups -OCH3 is 1. The summed E-state index contributed by atoms with van der Waals surface area (Å²) in [6.45, 7) is 4.82. The molecule has 0 spiro atoms. The summed E-state index contributed by atoms with van der Waals surface area (Å²) in [7, 11) is 1.40.